The predicted molar refractivity (Wildman–Crippen MR) is 65.5 cm³/mol. The second kappa shape index (κ2) is 5.74. The van der Waals surface area contributed by atoms with Gasteiger partial charge in [0.1, 0.15) is 17.4 Å². The molecule has 0 fully saturated rings. The van der Waals surface area contributed by atoms with Crippen molar-refractivity contribution in [2.45, 2.75) is 30.6 Å². The van der Waals surface area contributed by atoms with Crippen molar-refractivity contribution in [2.75, 3.05) is 7.11 Å². The molecule has 0 atom stereocenters. The lowest BCUT2D eigenvalue weighted by Gasteiger charge is -2.03. The Hall–Kier alpha value is -2.03. The molecule has 0 N–H and O–H groups in total. The molecule has 0 aliphatic heterocycles. The molecule has 19 heavy (non-hydrogen) atoms. The third kappa shape index (κ3) is 3.47. The molecule has 0 spiro atoms. The van der Waals surface area contributed by atoms with Crippen LogP contribution in [-0.4, -0.2) is 43.3 Å². The first kappa shape index (κ1) is 13.4. The zero-order valence-electron chi connectivity index (χ0n) is 10.7. The highest BCUT2D eigenvalue weighted by Crippen LogP contribution is 2.23. The summed E-state index contributed by atoms with van der Waals surface area (Å²) in [6.45, 7) is 3.67. The number of carbonyl (C=O) groups excluding carboxylic acids is 1. The maximum Gasteiger partial charge on any atom is 0.327 e. The van der Waals surface area contributed by atoms with Gasteiger partial charge in [0.25, 0.3) is 0 Å². The van der Waals surface area contributed by atoms with E-state index < -0.39 is 5.97 Å². The van der Waals surface area contributed by atoms with E-state index in [1.165, 1.54) is 23.6 Å². The van der Waals surface area contributed by atoms with Crippen molar-refractivity contribution in [1.82, 2.24) is 30.2 Å². The summed E-state index contributed by atoms with van der Waals surface area (Å²) in [5, 5.41) is 12.3. The van der Waals surface area contributed by atoms with Gasteiger partial charge in [-0.05, 0) is 42.1 Å². The van der Waals surface area contributed by atoms with E-state index in [4.69, 9.17) is 0 Å². The molecular formula is C10H12N6O2S. The van der Waals surface area contributed by atoms with Crippen LogP contribution in [0.15, 0.2) is 16.2 Å². The first-order chi connectivity index (χ1) is 9.08. The fourth-order valence-electron chi connectivity index (χ4n) is 1.38. The van der Waals surface area contributed by atoms with E-state index in [0.717, 1.165) is 10.7 Å². The minimum absolute atomic E-state index is 0.0329. The van der Waals surface area contributed by atoms with Gasteiger partial charge in [0.15, 0.2) is 0 Å². The summed E-state index contributed by atoms with van der Waals surface area (Å²) >= 11 is 1.27. The molecule has 0 amide bonds. The van der Waals surface area contributed by atoms with Crippen molar-refractivity contribution in [1.29, 1.82) is 0 Å². The Labute approximate surface area is 113 Å². The lowest BCUT2D eigenvalue weighted by Crippen LogP contribution is -2.13. The topological polar surface area (TPSA) is 95.7 Å². The summed E-state index contributed by atoms with van der Waals surface area (Å²) in [7, 11) is 1.32. The van der Waals surface area contributed by atoms with Crippen LogP contribution in [0.5, 0.6) is 0 Å². The molecule has 0 saturated heterocycles. The minimum atomic E-state index is -0.413. The maximum absolute atomic E-state index is 11.2. The van der Waals surface area contributed by atoms with Crippen molar-refractivity contribution in [2.24, 2.45) is 0 Å². The van der Waals surface area contributed by atoms with E-state index in [0.29, 0.717) is 11.0 Å². The lowest BCUT2D eigenvalue weighted by atomic mass is 10.4. The Morgan fingerprint density at radius 2 is 2.21 bits per heavy atom. The fourth-order valence-corrected chi connectivity index (χ4v) is 2.26. The summed E-state index contributed by atoms with van der Waals surface area (Å²) in [5.74, 6) is 0.263. The van der Waals surface area contributed by atoms with Crippen LogP contribution in [0.4, 0.5) is 0 Å². The van der Waals surface area contributed by atoms with Crippen LogP contribution < -0.4 is 0 Å². The Morgan fingerprint density at radius 1 is 1.42 bits per heavy atom. The molecule has 0 aliphatic rings. The quantitative estimate of drug-likeness (QED) is 0.586. The number of nitrogens with zero attached hydrogens (tertiary/aromatic N) is 6. The number of carbonyl (C=O) groups is 1. The van der Waals surface area contributed by atoms with Gasteiger partial charge in [0, 0.05) is 5.69 Å². The molecule has 2 rings (SSSR count). The Bertz CT molecular complexity index is 579. The first-order valence-electron chi connectivity index (χ1n) is 5.41. The van der Waals surface area contributed by atoms with Crippen LogP contribution in [0.1, 0.15) is 11.5 Å². The number of hydrogen-bond acceptors (Lipinski definition) is 8. The summed E-state index contributed by atoms with van der Waals surface area (Å²) < 4.78 is 5.94. The van der Waals surface area contributed by atoms with Crippen LogP contribution in [0.3, 0.4) is 0 Å². The number of ether oxygens (including phenoxy) is 1. The van der Waals surface area contributed by atoms with E-state index >= 15 is 0 Å². The second-order valence-corrected chi connectivity index (χ2v) is 4.68. The molecule has 0 unspecified atom stereocenters. The van der Waals surface area contributed by atoms with E-state index in [9.17, 15) is 4.79 Å². The minimum Gasteiger partial charge on any atom is -0.468 e. The highest BCUT2D eigenvalue weighted by atomic mass is 32.2. The molecule has 2 aromatic heterocycles. The summed E-state index contributed by atoms with van der Waals surface area (Å²) in [6.07, 6.45) is 0. The van der Waals surface area contributed by atoms with Crippen molar-refractivity contribution >= 4 is 17.7 Å². The summed E-state index contributed by atoms with van der Waals surface area (Å²) in [4.78, 5) is 19.7. The molecule has 8 nitrogen and oxygen atoms in total. The van der Waals surface area contributed by atoms with Crippen molar-refractivity contribution in [3.05, 3.63) is 17.6 Å². The van der Waals surface area contributed by atoms with Crippen molar-refractivity contribution in [3.63, 3.8) is 0 Å². The Kier molecular flexibility index (Phi) is 4.05. The van der Waals surface area contributed by atoms with Gasteiger partial charge in [-0.15, -0.1) is 5.10 Å². The smallest absolute Gasteiger partial charge is 0.327 e. The zero-order chi connectivity index (χ0) is 13.8. The standard InChI is InChI=1S/C10H12N6O2S/c1-6-4-8(12-7(2)11-6)19-10-13-14-15-16(10)5-9(17)18-3/h4H,5H2,1-3H3. The van der Waals surface area contributed by atoms with Gasteiger partial charge in [-0.2, -0.15) is 0 Å². The molecule has 0 aromatic carbocycles. The van der Waals surface area contributed by atoms with Crippen LogP contribution in [0.25, 0.3) is 0 Å². The molecule has 0 radical (unpaired) electrons. The van der Waals surface area contributed by atoms with Gasteiger partial charge < -0.3 is 4.74 Å². The van der Waals surface area contributed by atoms with Gasteiger partial charge in [-0.3, -0.25) is 4.79 Å². The number of aryl methyl sites for hydroxylation is 2. The predicted octanol–water partition coefficient (Wildman–Crippen LogP) is 0.404. The SMILES string of the molecule is COC(=O)Cn1nnnc1Sc1cc(C)nc(C)n1. The highest BCUT2D eigenvalue weighted by molar-refractivity contribution is 7.99. The van der Waals surface area contributed by atoms with Gasteiger partial charge in [-0.25, -0.2) is 14.6 Å². The number of hydrogen-bond donors (Lipinski definition) is 0. The number of methoxy groups -OCH3 is 1. The molecule has 2 heterocycles. The average Bonchev–Trinajstić information content (AvgIpc) is 2.75. The Balaban J connectivity index is 2.19. The van der Waals surface area contributed by atoms with E-state index in [1.807, 2.05) is 19.9 Å². The number of tetrazole rings is 1. The van der Waals surface area contributed by atoms with Gasteiger partial charge >= 0.3 is 5.97 Å². The van der Waals surface area contributed by atoms with Gasteiger partial charge in [0.2, 0.25) is 5.16 Å². The van der Waals surface area contributed by atoms with Gasteiger partial charge in [0.05, 0.1) is 7.11 Å². The van der Waals surface area contributed by atoms with Crippen molar-refractivity contribution < 1.29 is 9.53 Å². The molecule has 100 valence electrons. The van der Waals surface area contributed by atoms with Crippen molar-refractivity contribution in [3.8, 4) is 0 Å². The third-order valence-electron chi connectivity index (χ3n) is 2.14. The summed E-state index contributed by atoms with van der Waals surface area (Å²) in [5.41, 5.74) is 0.863. The molecule has 0 saturated carbocycles. The molecule has 0 bridgehead atoms. The normalized spacial score (nSPS) is 10.5. The van der Waals surface area contributed by atoms with Crippen LogP contribution in [0.2, 0.25) is 0 Å². The Morgan fingerprint density at radius 3 is 2.89 bits per heavy atom. The third-order valence-corrected chi connectivity index (χ3v) is 3.04. The monoisotopic (exact) mass is 280 g/mol. The maximum atomic E-state index is 11.2. The van der Waals surface area contributed by atoms with E-state index in [2.05, 4.69) is 30.2 Å². The molecule has 2 aromatic rings. The fraction of sp³-hybridized carbons (Fsp3) is 0.400. The number of esters is 1. The van der Waals surface area contributed by atoms with Gasteiger partial charge in [-0.1, -0.05) is 0 Å². The summed E-state index contributed by atoms with van der Waals surface area (Å²) in [6, 6.07) is 1.83. The lowest BCUT2D eigenvalue weighted by molar-refractivity contribution is -0.141. The van der Waals surface area contributed by atoms with E-state index in [1.54, 1.807) is 0 Å². The van der Waals surface area contributed by atoms with Crippen LogP contribution >= 0.6 is 11.8 Å². The second-order valence-electron chi connectivity index (χ2n) is 3.69. The van der Waals surface area contributed by atoms with E-state index in [-0.39, 0.29) is 6.54 Å². The number of aromatic nitrogens is 6. The zero-order valence-corrected chi connectivity index (χ0v) is 11.5. The number of rotatable bonds is 4. The molecule has 0 aliphatic carbocycles. The van der Waals surface area contributed by atoms with Crippen LogP contribution in [-0.2, 0) is 16.1 Å². The average molecular weight is 280 g/mol. The first-order valence-corrected chi connectivity index (χ1v) is 6.23. The highest BCUT2D eigenvalue weighted by Gasteiger charge is 2.13. The van der Waals surface area contributed by atoms with Crippen LogP contribution in [0, 0.1) is 13.8 Å². The molecular weight excluding hydrogens is 268 g/mol. The molecule has 9 heteroatoms. The largest absolute Gasteiger partial charge is 0.468 e.